The Labute approximate surface area is 110 Å². The summed E-state index contributed by atoms with van der Waals surface area (Å²) >= 11 is 0. The lowest BCUT2D eigenvalue weighted by Crippen LogP contribution is -2.12. The predicted molar refractivity (Wildman–Crippen MR) is 71.9 cm³/mol. The van der Waals surface area contributed by atoms with E-state index in [0.717, 1.165) is 5.56 Å². The minimum Gasteiger partial charge on any atom is -0.508 e. The van der Waals surface area contributed by atoms with Crippen molar-refractivity contribution in [2.75, 3.05) is 5.32 Å². The molecule has 1 amide bonds. The molecular formula is C15H14FNO2. The fraction of sp³-hybridized carbons (Fsp3) is 0.133. The summed E-state index contributed by atoms with van der Waals surface area (Å²) in [5.41, 5.74) is 2.45. The molecule has 0 heterocycles. The first-order valence-electron chi connectivity index (χ1n) is 5.84. The van der Waals surface area contributed by atoms with Gasteiger partial charge in [0.25, 0.3) is 5.91 Å². The first-order chi connectivity index (χ1) is 8.97. The van der Waals surface area contributed by atoms with Crippen LogP contribution in [-0.2, 0) is 0 Å². The van der Waals surface area contributed by atoms with Crippen molar-refractivity contribution in [1.29, 1.82) is 0 Å². The van der Waals surface area contributed by atoms with Crippen molar-refractivity contribution in [3.8, 4) is 5.75 Å². The maximum Gasteiger partial charge on any atom is 0.255 e. The molecule has 19 heavy (non-hydrogen) atoms. The minimum absolute atomic E-state index is 0.192. The number of aromatic hydroxyl groups is 1. The van der Waals surface area contributed by atoms with Gasteiger partial charge in [0.1, 0.15) is 11.6 Å². The number of carbonyl (C=O) groups excluding carboxylic acids is 1. The maximum absolute atomic E-state index is 12.8. The first-order valence-corrected chi connectivity index (χ1v) is 5.84. The van der Waals surface area contributed by atoms with E-state index in [4.69, 9.17) is 0 Å². The van der Waals surface area contributed by atoms with Crippen LogP contribution in [0.25, 0.3) is 0 Å². The SMILES string of the molecule is Cc1cc(NC(=O)c2ccc(F)cc2)c(C)cc1O. The number of benzene rings is 2. The van der Waals surface area contributed by atoms with E-state index in [1.807, 2.05) is 0 Å². The Morgan fingerprint density at radius 3 is 2.37 bits per heavy atom. The summed E-state index contributed by atoms with van der Waals surface area (Å²) in [5.74, 6) is -0.501. The standard InChI is InChI=1S/C15H14FNO2/c1-9-8-14(18)10(2)7-13(9)17-15(19)11-3-5-12(16)6-4-11/h3-8,18H,1-2H3,(H,17,19). The second-order valence-corrected chi connectivity index (χ2v) is 4.41. The fourth-order valence-electron chi connectivity index (χ4n) is 1.73. The number of carbonyl (C=O) groups is 1. The lowest BCUT2D eigenvalue weighted by atomic mass is 10.1. The number of hydrogen-bond donors (Lipinski definition) is 2. The zero-order valence-electron chi connectivity index (χ0n) is 10.7. The number of phenolic OH excluding ortho intramolecular Hbond substituents is 1. The minimum atomic E-state index is -0.381. The Bertz CT molecular complexity index is 621. The second kappa shape index (κ2) is 5.10. The number of halogens is 1. The van der Waals surface area contributed by atoms with Gasteiger partial charge in [-0.1, -0.05) is 0 Å². The average Bonchev–Trinajstić information content (AvgIpc) is 2.36. The van der Waals surface area contributed by atoms with Gasteiger partial charge >= 0.3 is 0 Å². The normalized spacial score (nSPS) is 10.3. The van der Waals surface area contributed by atoms with Gasteiger partial charge in [-0.25, -0.2) is 4.39 Å². The van der Waals surface area contributed by atoms with Gasteiger partial charge in [0, 0.05) is 11.3 Å². The number of hydrogen-bond acceptors (Lipinski definition) is 2. The van der Waals surface area contributed by atoms with E-state index in [1.165, 1.54) is 24.3 Å². The van der Waals surface area contributed by atoms with Crippen LogP contribution >= 0.6 is 0 Å². The van der Waals surface area contributed by atoms with Crippen LogP contribution in [-0.4, -0.2) is 11.0 Å². The number of amides is 1. The summed E-state index contributed by atoms with van der Waals surface area (Å²) in [4.78, 5) is 12.0. The van der Waals surface area contributed by atoms with Crippen LogP contribution < -0.4 is 5.32 Å². The summed E-state index contributed by atoms with van der Waals surface area (Å²) in [7, 11) is 0. The molecule has 2 N–H and O–H groups in total. The van der Waals surface area contributed by atoms with Gasteiger partial charge in [0.15, 0.2) is 0 Å². The summed E-state index contributed by atoms with van der Waals surface area (Å²) < 4.78 is 12.8. The third-order valence-electron chi connectivity index (χ3n) is 2.90. The molecule has 0 aliphatic heterocycles. The third kappa shape index (κ3) is 2.91. The van der Waals surface area contributed by atoms with E-state index >= 15 is 0 Å². The van der Waals surface area contributed by atoms with Gasteiger partial charge in [-0.3, -0.25) is 4.79 Å². The van der Waals surface area contributed by atoms with Crippen LogP contribution in [0.4, 0.5) is 10.1 Å². The van der Waals surface area contributed by atoms with E-state index in [-0.39, 0.29) is 17.5 Å². The van der Waals surface area contributed by atoms with Crippen molar-refractivity contribution >= 4 is 11.6 Å². The Balaban J connectivity index is 2.24. The predicted octanol–water partition coefficient (Wildman–Crippen LogP) is 3.40. The number of phenols is 1. The molecule has 0 unspecified atom stereocenters. The third-order valence-corrected chi connectivity index (χ3v) is 2.90. The molecule has 0 saturated heterocycles. The highest BCUT2D eigenvalue weighted by Gasteiger charge is 2.09. The smallest absolute Gasteiger partial charge is 0.255 e. The highest BCUT2D eigenvalue weighted by Crippen LogP contribution is 2.25. The fourth-order valence-corrected chi connectivity index (χ4v) is 1.73. The number of anilines is 1. The van der Waals surface area contributed by atoms with Crippen LogP contribution in [0.1, 0.15) is 21.5 Å². The van der Waals surface area contributed by atoms with E-state index in [0.29, 0.717) is 16.8 Å². The van der Waals surface area contributed by atoms with Crippen LogP contribution in [0.5, 0.6) is 5.75 Å². The summed E-state index contributed by atoms with van der Waals surface area (Å²) in [6, 6.07) is 8.62. The molecule has 4 heteroatoms. The van der Waals surface area contributed by atoms with Crippen molar-refractivity contribution in [2.45, 2.75) is 13.8 Å². The molecule has 0 aliphatic rings. The topological polar surface area (TPSA) is 49.3 Å². The van der Waals surface area contributed by atoms with E-state index < -0.39 is 0 Å². The summed E-state index contributed by atoms with van der Waals surface area (Å²) in [6.07, 6.45) is 0. The Hall–Kier alpha value is -2.36. The molecule has 3 nitrogen and oxygen atoms in total. The molecule has 0 saturated carbocycles. The van der Waals surface area contributed by atoms with Crippen molar-refractivity contribution in [3.05, 3.63) is 58.9 Å². The monoisotopic (exact) mass is 259 g/mol. The van der Waals surface area contributed by atoms with E-state index in [9.17, 15) is 14.3 Å². The largest absolute Gasteiger partial charge is 0.508 e. The second-order valence-electron chi connectivity index (χ2n) is 4.41. The zero-order valence-corrected chi connectivity index (χ0v) is 10.7. The van der Waals surface area contributed by atoms with Crippen LogP contribution in [0.2, 0.25) is 0 Å². The van der Waals surface area contributed by atoms with Crippen LogP contribution in [0.3, 0.4) is 0 Å². The molecule has 2 aromatic rings. The molecular weight excluding hydrogens is 245 g/mol. The lowest BCUT2D eigenvalue weighted by Gasteiger charge is -2.10. The molecule has 0 bridgehead atoms. The van der Waals surface area contributed by atoms with Gasteiger partial charge in [-0.15, -0.1) is 0 Å². The zero-order chi connectivity index (χ0) is 14.0. The molecule has 0 atom stereocenters. The molecule has 0 fully saturated rings. The maximum atomic E-state index is 12.8. The molecule has 2 rings (SSSR count). The van der Waals surface area contributed by atoms with Gasteiger partial charge in [-0.05, 0) is 61.4 Å². The Kier molecular flexibility index (Phi) is 3.51. The van der Waals surface area contributed by atoms with Crippen molar-refractivity contribution in [3.63, 3.8) is 0 Å². The number of nitrogens with one attached hydrogen (secondary N) is 1. The molecule has 0 aliphatic carbocycles. The van der Waals surface area contributed by atoms with Gasteiger partial charge in [0.05, 0.1) is 0 Å². The Morgan fingerprint density at radius 2 is 1.74 bits per heavy atom. The quantitative estimate of drug-likeness (QED) is 0.812. The molecule has 98 valence electrons. The molecule has 2 aromatic carbocycles. The summed E-state index contributed by atoms with van der Waals surface area (Å²) in [5, 5.41) is 12.3. The molecule has 0 aromatic heterocycles. The lowest BCUT2D eigenvalue weighted by molar-refractivity contribution is 0.102. The van der Waals surface area contributed by atoms with Crippen LogP contribution in [0, 0.1) is 19.7 Å². The van der Waals surface area contributed by atoms with Crippen molar-refractivity contribution in [1.82, 2.24) is 0 Å². The summed E-state index contributed by atoms with van der Waals surface area (Å²) in [6.45, 7) is 3.54. The van der Waals surface area contributed by atoms with Crippen LogP contribution in [0.15, 0.2) is 36.4 Å². The van der Waals surface area contributed by atoms with Gasteiger partial charge in [0.2, 0.25) is 0 Å². The van der Waals surface area contributed by atoms with Crippen molar-refractivity contribution in [2.24, 2.45) is 0 Å². The number of rotatable bonds is 2. The average molecular weight is 259 g/mol. The Morgan fingerprint density at radius 1 is 1.11 bits per heavy atom. The molecule has 0 radical (unpaired) electrons. The van der Waals surface area contributed by atoms with Crippen molar-refractivity contribution < 1.29 is 14.3 Å². The van der Waals surface area contributed by atoms with E-state index in [1.54, 1.807) is 26.0 Å². The van der Waals surface area contributed by atoms with E-state index in [2.05, 4.69) is 5.32 Å². The van der Waals surface area contributed by atoms with Gasteiger partial charge < -0.3 is 10.4 Å². The highest BCUT2D eigenvalue weighted by atomic mass is 19.1. The van der Waals surface area contributed by atoms with Gasteiger partial charge in [-0.2, -0.15) is 0 Å². The highest BCUT2D eigenvalue weighted by molar-refractivity contribution is 6.04. The molecule has 0 spiro atoms. The number of aryl methyl sites for hydroxylation is 2. The first kappa shape index (κ1) is 13.1.